The summed E-state index contributed by atoms with van der Waals surface area (Å²) < 4.78 is 22.1. The lowest BCUT2D eigenvalue weighted by Crippen LogP contribution is -2.10. The maximum atomic E-state index is 5.82. The minimum Gasteiger partial charge on any atom is -0.490 e. The Bertz CT molecular complexity index is 640. The zero-order valence-electron chi connectivity index (χ0n) is 12.7. The molecule has 1 aliphatic heterocycles. The first-order valence-electron chi connectivity index (χ1n) is 7.46. The van der Waals surface area contributed by atoms with Crippen molar-refractivity contribution in [2.45, 2.75) is 6.29 Å². The lowest BCUT2D eigenvalue weighted by molar-refractivity contribution is -0.0441. The number of nitrogen functional groups attached to an aromatic ring is 2. The van der Waals surface area contributed by atoms with Crippen molar-refractivity contribution in [2.24, 2.45) is 0 Å². The van der Waals surface area contributed by atoms with Gasteiger partial charge in [0.05, 0.1) is 18.9 Å². The highest BCUT2D eigenvalue weighted by molar-refractivity contribution is 5.60. The third kappa shape index (κ3) is 4.06. The van der Waals surface area contributed by atoms with Crippen molar-refractivity contribution in [3.05, 3.63) is 48.0 Å². The summed E-state index contributed by atoms with van der Waals surface area (Å²) in [5.41, 5.74) is 13.6. The number of rotatable bonds is 6. The van der Waals surface area contributed by atoms with Crippen LogP contribution in [0.2, 0.25) is 0 Å². The molecule has 0 aromatic heterocycles. The van der Waals surface area contributed by atoms with Gasteiger partial charge < -0.3 is 30.4 Å². The second kappa shape index (κ2) is 7.21. The van der Waals surface area contributed by atoms with Gasteiger partial charge in [0.2, 0.25) is 0 Å². The number of ether oxygens (including phenoxy) is 4. The molecule has 3 rings (SSSR count). The Hall–Kier alpha value is -2.44. The van der Waals surface area contributed by atoms with Gasteiger partial charge in [-0.2, -0.15) is 0 Å². The van der Waals surface area contributed by atoms with Crippen molar-refractivity contribution in [3.8, 4) is 11.5 Å². The fourth-order valence-electron chi connectivity index (χ4n) is 2.28. The zero-order valence-corrected chi connectivity index (χ0v) is 12.7. The van der Waals surface area contributed by atoms with Gasteiger partial charge in [0.25, 0.3) is 0 Å². The first-order chi connectivity index (χ1) is 11.2. The van der Waals surface area contributed by atoms with E-state index in [1.807, 2.05) is 24.3 Å². The first kappa shape index (κ1) is 15.5. The molecule has 0 unspecified atom stereocenters. The Labute approximate surface area is 134 Å². The van der Waals surface area contributed by atoms with Crippen molar-refractivity contribution < 1.29 is 18.9 Å². The largest absolute Gasteiger partial charge is 0.490 e. The number of nitrogens with two attached hydrogens (primary N) is 2. The van der Waals surface area contributed by atoms with Crippen LogP contribution in [0.3, 0.4) is 0 Å². The number of benzene rings is 2. The smallest absolute Gasteiger partial charge is 0.184 e. The number of anilines is 2. The van der Waals surface area contributed by atoms with E-state index in [1.165, 1.54) is 0 Å². The molecule has 6 nitrogen and oxygen atoms in total. The second-order valence-corrected chi connectivity index (χ2v) is 5.14. The highest BCUT2D eigenvalue weighted by atomic mass is 16.7. The molecule has 1 fully saturated rings. The van der Waals surface area contributed by atoms with Crippen LogP contribution in [-0.4, -0.2) is 26.4 Å². The summed E-state index contributed by atoms with van der Waals surface area (Å²) in [7, 11) is 0. The van der Waals surface area contributed by atoms with Crippen molar-refractivity contribution in [1.82, 2.24) is 0 Å². The van der Waals surface area contributed by atoms with Gasteiger partial charge in [-0.3, -0.25) is 0 Å². The van der Waals surface area contributed by atoms with E-state index in [0.29, 0.717) is 43.6 Å². The van der Waals surface area contributed by atoms with Crippen molar-refractivity contribution >= 4 is 11.4 Å². The van der Waals surface area contributed by atoms with Crippen LogP contribution in [0.15, 0.2) is 42.5 Å². The minimum atomic E-state index is -0.263. The monoisotopic (exact) mass is 316 g/mol. The molecule has 2 aromatic rings. The van der Waals surface area contributed by atoms with E-state index < -0.39 is 0 Å². The average Bonchev–Trinajstić information content (AvgIpc) is 3.08. The van der Waals surface area contributed by atoms with Gasteiger partial charge in [-0.1, -0.05) is 12.1 Å². The molecule has 2 aromatic carbocycles. The molecule has 0 atom stereocenters. The van der Waals surface area contributed by atoms with E-state index in [1.54, 1.807) is 18.2 Å². The van der Waals surface area contributed by atoms with Gasteiger partial charge >= 0.3 is 0 Å². The van der Waals surface area contributed by atoms with Gasteiger partial charge in [0, 0.05) is 11.3 Å². The zero-order chi connectivity index (χ0) is 16.1. The lowest BCUT2D eigenvalue weighted by Gasteiger charge is -2.12. The molecule has 1 heterocycles. The molecule has 0 aliphatic carbocycles. The molecular weight excluding hydrogens is 296 g/mol. The van der Waals surface area contributed by atoms with Crippen LogP contribution < -0.4 is 20.9 Å². The highest BCUT2D eigenvalue weighted by Crippen LogP contribution is 2.25. The molecular formula is C17H20N2O4. The molecule has 6 heteroatoms. The van der Waals surface area contributed by atoms with Crippen LogP contribution >= 0.6 is 0 Å². The van der Waals surface area contributed by atoms with Gasteiger partial charge in [-0.15, -0.1) is 0 Å². The summed E-state index contributed by atoms with van der Waals surface area (Å²) in [6.45, 7) is 2.08. The molecule has 0 spiro atoms. The quantitative estimate of drug-likeness (QED) is 0.628. The maximum absolute atomic E-state index is 5.82. The molecule has 0 radical (unpaired) electrons. The number of hydrogen-bond acceptors (Lipinski definition) is 6. The first-order valence-corrected chi connectivity index (χ1v) is 7.46. The Morgan fingerprint density at radius 2 is 1.61 bits per heavy atom. The summed E-state index contributed by atoms with van der Waals surface area (Å²) >= 11 is 0. The van der Waals surface area contributed by atoms with Gasteiger partial charge in [0.1, 0.15) is 24.7 Å². The predicted molar refractivity (Wildman–Crippen MR) is 87.3 cm³/mol. The van der Waals surface area contributed by atoms with E-state index in [2.05, 4.69) is 0 Å². The van der Waals surface area contributed by atoms with E-state index in [0.717, 1.165) is 11.3 Å². The molecule has 1 aliphatic rings. The van der Waals surface area contributed by atoms with Gasteiger partial charge in [0.15, 0.2) is 6.29 Å². The maximum Gasteiger partial charge on any atom is 0.184 e. The Kier molecular flexibility index (Phi) is 4.85. The summed E-state index contributed by atoms with van der Waals surface area (Å²) in [6.07, 6.45) is -0.263. The fourth-order valence-corrected chi connectivity index (χ4v) is 2.28. The summed E-state index contributed by atoms with van der Waals surface area (Å²) in [4.78, 5) is 0. The Morgan fingerprint density at radius 1 is 0.913 bits per heavy atom. The Morgan fingerprint density at radius 3 is 2.30 bits per heavy atom. The summed E-state index contributed by atoms with van der Waals surface area (Å²) in [6, 6.07) is 12.8. The molecule has 0 amide bonds. The normalized spacial score (nSPS) is 14.8. The fraction of sp³-hybridized carbons (Fsp3) is 0.294. The molecule has 122 valence electrons. The van der Waals surface area contributed by atoms with Crippen molar-refractivity contribution in [2.75, 3.05) is 37.9 Å². The van der Waals surface area contributed by atoms with E-state index in [9.17, 15) is 0 Å². The molecule has 0 bridgehead atoms. The standard InChI is InChI=1S/C17H20N2O4/c18-13-3-6-16(15(19)11-13)21-8-7-20-14-4-1-12(2-5-14)17-22-9-10-23-17/h1-6,11,17H,7-10,18-19H2. The highest BCUT2D eigenvalue weighted by Gasteiger charge is 2.17. The van der Waals surface area contributed by atoms with E-state index >= 15 is 0 Å². The van der Waals surface area contributed by atoms with Gasteiger partial charge in [-0.25, -0.2) is 0 Å². The Balaban J connectivity index is 1.45. The lowest BCUT2D eigenvalue weighted by atomic mass is 10.2. The molecule has 23 heavy (non-hydrogen) atoms. The summed E-state index contributed by atoms with van der Waals surface area (Å²) in [5.74, 6) is 1.37. The van der Waals surface area contributed by atoms with Crippen LogP contribution in [-0.2, 0) is 9.47 Å². The average molecular weight is 316 g/mol. The van der Waals surface area contributed by atoms with Crippen molar-refractivity contribution in [3.63, 3.8) is 0 Å². The molecule has 1 saturated heterocycles. The number of hydrogen-bond donors (Lipinski definition) is 2. The van der Waals surface area contributed by atoms with E-state index in [-0.39, 0.29) is 6.29 Å². The molecule has 4 N–H and O–H groups in total. The topological polar surface area (TPSA) is 89.0 Å². The molecule has 0 saturated carbocycles. The van der Waals surface area contributed by atoms with Crippen molar-refractivity contribution in [1.29, 1.82) is 0 Å². The summed E-state index contributed by atoms with van der Waals surface area (Å²) in [5, 5.41) is 0. The SMILES string of the molecule is Nc1ccc(OCCOc2ccc(C3OCCO3)cc2)c(N)c1. The van der Waals surface area contributed by atoms with Crippen LogP contribution in [0.5, 0.6) is 11.5 Å². The van der Waals surface area contributed by atoms with Crippen LogP contribution in [0.1, 0.15) is 11.9 Å². The van der Waals surface area contributed by atoms with Crippen LogP contribution in [0, 0.1) is 0 Å². The van der Waals surface area contributed by atoms with E-state index in [4.69, 9.17) is 30.4 Å². The second-order valence-electron chi connectivity index (χ2n) is 5.14. The van der Waals surface area contributed by atoms with Crippen LogP contribution in [0.4, 0.5) is 11.4 Å². The predicted octanol–water partition coefficient (Wildman–Crippen LogP) is 2.35. The van der Waals surface area contributed by atoms with Gasteiger partial charge in [-0.05, 0) is 30.3 Å². The minimum absolute atomic E-state index is 0.263. The third-order valence-electron chi connectivity index (χ3n) is 3.42. The van der Waals surface area contributed by atoms with Crippen LogP contribution in [0.25, 0.3) is 0 Å². The third-order valence-corrected chi connectivity index (χ3v) is 3.42.